The van der Waals surface area contributed by atoms with Crippen LogP contribution < -0.4 is 0 Å². The van der Waals surface area contributed by atoms with E-state index in [0.717, 1.165) is 19.4 Å². The van der Waals surface area contributed by atoms with Gasteiger partial charge in [0.25, 0.3) is 0 Å². The summed E-state index contributed by atoms with van der Waals surface area (Å²) >= 11 is 0. The molecule has 2 rings (SSSR count). The monoisotopic (exact) mass is 267 g/mol. The summed E-state index contributed by atoms with van der Waals surface area (Å²) in [6.45, 7) is 10.3. The topological polar surface area (TPSA) is 23.5 Å². The highest BCUT2D eigenvalue weighted by molar-refractivity contribution is 4.98. The first kappa shape index (κ1) is 15.3. The zero-order valence-corrected chi connectivity index (χ0v) is 13.2. The molecule has 0 spiro atoms. The van der Waals surface area contributed by atoms with Crippen LogP contribution in [-0.4, -0.2) is 35.2 Å². The van der Waals surface area contributed by atoms with Gasteiger partial charge in [-0.2, -0.15) is 0 Å². The van der Waals surface area contributed by atoms with Crippen molar-refractivity contribution in [2.45, 2.75) is 77.7 Å². The van der Waals surface area contributed by atoms with E-state index in [9.17, 15) is 5.11 Å². The van der Waals surface area contributed by atoms with Crippen LogP contribution in [0.3, 0.4) is 0 Å². The summed E-state index contributed by atoms with van der Waals surface area (Å²) in [4.78, 5) is 2.52. The summed E-state index contributed by atoms with van der Waals surface area (Å²) in [6.07, 6.45) is 9.88. The third-order valence-electron chi connectivity index (χ3n) is 5.26. The largest absolute Gasteiger partial charge is 0.389 e. The summed E-state index contributed by atoms with van der Waals surface area (Å²) in [7, 11) is 0. The summed E-state index contributed by atoms with van der Waals surface area (Å²) in [5.74, 6) is 0.705. The second kappa shape index (κ2) is 6.13. The predicted octanol–water partition coefficient (Wildman–Crippen LogP) is 3.83. The van der Waals surface area contributed by atoms with Crippen molar-refractivity contribution >= 4 is 0 Å². The molecule has 2 atom stereocenters. The molecule has 0 radical (unpaired) electrons. The summed E-state index contributed by atoms with van der Waals surface area (Å²) in [5, 5.41) is 10.8. The van der Waals surface area contributed by atoms with Gasteiger partial charge in [0.1, 0.15) is 0 Å². The standard InChI is InChI=1S/C17H33NO/c1-4-8-16(9-5-2)12-18(13-16)14-17(19)10-6-7-15(3)11-17/h15,19H,4-14H2,1-3H3. The van der Waals surface area contributed by atoms with E-state index in [1.54, 1.807) is 0 Å². The molecule has 1 aliphatic carbocycles. The van der Waals surface area contributed by atoms with Crippen LogP contribution in [0, 0.1) is 11.3 Å². The molecular formula is C17H33NO. The number of rotatable bonds is 6. The lowest BCUT2D eigenvalue weighted by molar-refractivity contribution is -0.0945. The van der Waals surface area contributed by atoms with Crippen LogP contribution in [0.15, 0.2) is 0 Å². The molecule has 0 aromatic heterocycles. The van der Waals surface area contributed by atoms with Gasteiger partial charge in [-0.25, -0.2) is 0 Å². The van der Waals surface area contributed by atoms with Gasteiger partial charge >= 0.3 is 0 Å². The number of hydrogen-bond donors (Lipinski definition) is 1. The molecule has 2 fully saturated rings. The van der Waals surface area contributed by atoms with Crippen molar-refractivity contribution in [3.05, 3.63) is 0 Å². The van der Waals surface area contributed by atoms with E-state index in [-0.39, 0.29) is 5.60 Å². The van der Waals surface area contributed by atoms with Crippen molar-refractivity contribution < 1.29 is 5.11 Å². The van der Waals surface area contributed by atoms with E-state index < -0.39 is 0 Å². The fraction of sp³-hybridized carbons (Fsp3) is 1.00. The smallest absolute Gasteiger partial charge is 0.0776 e. The Bertz CT molecular complexity index is 277. The van der Waals surface area contributed by atoms with E-state index in [1.807, 2.05) is 0 Å². The molecule has 0 amide bonds. The fourth-order valence-electron chi connectivity index (χ4n) is 4.71. The zero-order valence-electron chi connectivity index (χ0n) is 13.2. The minimum atomic E-state index is -0.387. The maximum atomic E-state index is 10.8. The van der Waals surface area contributed by atoms with E-state index in [0.29, 0.717) is 11.3 Å². The molecule has 2 heteroatoms. The Morgan fingerprint density at radius 1 is 1.16 bits per heavy atom. The molecule has 2 nitrogen and oxygen atoms in total. The van der Waals surface area contributed by atoms with Crippen LogP contribution >= 0.6 is 0 Å². The summed E-state index contributed by atoms with van der Waals surface area (Å²) in [5.41, 5.74) is 0.197. The SMILES string of the molecule is CCCC1(CCC)CN(CC2(O)CCCC(C)C2)C1. The van der Waals surface area contributed by atoms with Crippen molar-refractivity contribution in [3.63, 3.8) is 0 Å². The lowest BCUT2D eigenvalue weighted by Crippen LogP contribution is -2.60. The van der Waals surface area contributed by atoms with Gasteiger partial charge < -0.3 is 5.11 Å². The first-order valence-electron chi connectivity index (χ1n) is 8.46. The number of β-amino-alcohol motifs (C(OH)–C–C–N with tert-alkyl or cyclic N) is 1. The molecule has 2 aliphatic rings. The number of likely N-dealkylation sites (tertiary alicyclic amines) is 1. The molecule has 1 saturated heterocycles. The van der Waals surface area contributed by atoms with Gasteiger partial charge in [-0.1, -0.05) is 46.5 Å². The lowest BCUT2D eigenvalue weighted by atomic mass is 9.71. The molecule has 1 N–H and O–H groups in total. The third-order valence-corrected chi connectivity index (χ3v) is 5.26. The number of aliphatic hydroxyl groups is 1. The minimum Gasteiger partial charge on any atom is -0.389 e. The maximum absolute atomic E-state index is 10.8. The fourth-order valence-corrected chi connectivity index (χ4v) is 4.71. The first-order chi connectivity index (χ1) is 9.01. The Morgan fingerprint density at radius 3 is 2.32 bits per heavy atom. The average molecular weight is 267 g/mol. The Labute approximate surface area is 119 Å². The third kappa shape index (κ3) is 3.72. The molecule has 0 aromatic rings. The summed E-state index contributed by atoms with van der Waals surface area (Å²) in [6, 6.07) is 0. The van der Waals surface area contributed by atoms with Crippen molar-refractivity contribution in [1.29, 1.82) is 0 Å². The molecule has 0 aromatic carbocycles. The molecular weight excluding hydrogens is 234 g/mol. The Hall–Kier alpha value is -0.0800. The van der Waals surface area contributed by atoms with Crippen LogP contribution in [0.1, 0.15) is 72.1 Å². The van der Waals surface area contributed by atoms with Gasteiger partial charge in [-0.15, -0.1) is 0 Å². The van der Waals surface area contributed by atoms with Crippen LogP contribution in [0.5, 0.6) is 0 Å². The van der Waals surface area contributed by atoms with Crippen molar-refractivity contribution in [2.24, 2.45) is 11.3 Å². The molecule has 0 bridgehead atoms. The van der Waals surface area contributed by atoms with Gasteiger partial charge in [0.2, 0.25) is 0 Å². The van der Waals surface area contributed by atoms with E-state index in [4.69, 9.17) is 0 Å². The molecule has 2 unspecified atom stereocenters. The minimum absolute atomic E-state index is 0.387. The second-order valence-corrected chi connectivity index (χ2v) is 7.57. The molecule has 1 aliphatic heterocycles. The number of hydrogen-bond acceptors (Lipinski definition) is 2. The molecule has 1 saturated carbocycles. The van der Waals surface area contributed by atoms with Crippen molar-refractivity contribution in [2.75, 3.05) is 19.6 Å². The Kier molecular flexibility index (Phi) is 4.94. The number of nitrogens with zero attached hydrogens (tertiary/aromatic N) is 1. The maximum Gasteiger partial charge on any atom is 0.0776 e. The first-order valence-corrected chi connectivity index (χ1v) is 8.46. The van der Waals surface area contributed by atoms with Gasteiger partial charge in [0, 0.05) is 19.6 Å². The normalized spacial score (nSPS) is 35.1. The van der Waals surface area contributed by atoms with Crippen LogP contribution in [0.2, 0.25) is 0 Å². The van der Waals surface area contributed by atoms with Gasteiger partial charge in [-0.3, -0.25) is 4.90 Å². The van der Waals surface area contributed by atoms with E-state index in [2.05, 4.69) is 25.7 Å². The highest BCUT2D eigenvalue weighted by Gasteiger charge is 2.44. The van der Waals surface area contributed by atoms with Gasteiger partial charge in [0.05, 0.1) is 5.60 Å². The molecule has 1 heterocycles. The van der Waals surface area contributed by atoms with Crippen molar-refractivity contribution in [1.82, 2.24) is 4.90 Å². The second-order valence-electron chi connectivity index (χ2n) is 7.57. The van der Waals surface area contributed by atoms with E-state index in [1.165, 1.54) is 51.6 Å². The molecule has 112 valence electrons. The average Bonchev–Trinajstić information content (AvgIpc) is 2.26. The van der Waals surface area contributed by atoms with Gasteiger partial charge in [-0.05, 0) is 37.0 Å². The predicted molar refractivity (Wildman–Crippen MR) is 81.3 cm³/mol. The Morgan fingerprint density at radius 2 is 1.79 bits per heavy atom. The van der Waals surface area contributed by atoms with Crippen LogP contribution in [0.4, 0.5) is 0 Å². The quantitative estimate of drug-likeness (QED) is 0.790. The van der Waals surface area contributed by atoms with Crippen LogP contribution in [0.25, 0.3) is 0 Å². The lowest BCUT2D eigenvalue weighted by Gasteiger charge is -2.53. The highest BCUT2D eigenvalue weighted by Crippen LogP contribution is 2.42. The zero-order chi connectivity index (χ0) is 13.9. The van der Waals surface area contributed by atoms with Crippen LogP contribution in [-0.2, 0) is 0 Å². The summed E-state index contributed by atoms with van der Waals surface area (Å²) < 4.78 is 0. The Balaban J connectivity index is 1.82. The molecule has 19 heavy (non-hydrogen) atoms. The van der Waals surface area contributed by atoms with E-state index >= 15 is 0 Å². The highest BCUT2D eigenvalue weighted by atomic mass is 16.3. The van der Waals surface area contributed by atoms with Gasteiger partial charge in [0.15, 0.2) is 0 Å². The van der Waals surface area contributed by atoms with Crippen molar-refractivity contribution in [3.8, 4) is 0 Å².